The third-order valence-corrected chi connectivity index (χ3v) is 5.08. The molecule has 0 aliphatic carbocycles. The quantitative estimate of drug-likeness (QED) is 0.834. The second-order valence-corrected chi connectivity index (χ2v) is 6.64. The Balaban J connectivity index is 1.80. The first-order valence-electron chi connectivity index (χ1n) is 8.88. The summed E-state index contributed by atoms with van der Waals surface area (Å²) in [6.45, 7) is 4.44. The van der Waals surface area contributed by atoms with E-state index in [4.69, 9.17) is 0 Å². The Kier molecular flexibility index (Phi) is 5.07. The molecular formula is C21H23FN2O2. The molecule has 26 heavy (non-hydrogen) atoms. The second-order valence-electron chi connectivity index (χ2n) is 6.64. The van der Waals surface area contributed by atoms with Crippen LogP contribution in [0.3, 0.4) is 0 Å². The Morgan fingerprint density at radius 2 is 1.88 bits per heavy atom. The van der Waals surface area contributed by atoms with Crippen molar-refractivity contribution < 1.29 is 14.0 Å². The van der Waals surface area contributed by atoms with E-state index in [-0.39, 0.29) is 23.7 Å². The van der Waals surface area contributed by atoms with Gasteiger partial charge in [-0.3, -0.25) is 9.59 Å². The number of hydrogen-bond donors (Lipinski definition) is 0. The van der Waals surface area contributed by atoms with Gasteiger partial charge in [-0.05, 0) is 54.8 Å². The number of amides is 2. The fourth-order valence-electron chi connectivity index (χ4n) is 3.33. The van der Waals surface area contributed by atoms with Gasteiger partial charge < -0.3 is 9.80 Å². The minimum absolute atomic E-state index is 0.0927. The van der Waals surface area contributed by atoms with Crippen molar-refractivity contribution in [1.29, 1.82) is 0 Å². The van der Waals surface area contributed by atoms with Crippen molar-refractivity contribution in [2.75, 3.05) is 18.5 Å². The predicted octanol–water partition coefficient (Wildman–Crippen LogP) is 3.96. The summed E-state index contributed by atoms with van der Waals surface area (Å²) >= 11 is 0. The summed E-state index contributed by atoms with van der Waals surface area (Å²) in [6, 6.07) is 11.5. The maximum atomic E-state index is 13.1. The molecule has 0 spiro atoms. The topological polar surface area (TPSA) is 40.6 Å². The lowest BCUT2D eigenvalue weighted by molar-refractivity contribution is -0.118. The van der Waals surface area contributed by atoms with Crippen LogP contribution >= 0.6 is 0 Å². The van der Waals surface area contributed by atoms with Crippen LogP contribution < -0.4 is 4.90 Å². The Bertz CT molecular complexity index is 832. The van der Waals surface area contributed by atoms with Crippen LogP contribution in [-0.4, -0.2) is 30.3 Å². The highest BCUT2D eigenvalue weighted by molar-refractivity contribution is 5.98. The van der Waals surface area contributed by atoms with Gasteiger partial charge in [0.2, 0.25) is 5.91 Å². The van der Waals surface area contributed by atoms with Gasteiger partial charge in [-0.2, -0.15) is 0 Å². The molecule has 1 unspecified atom stereocenters. The lowest BCUT2D eigenvalue weighted by Crippen LogP contribution is -2.30. The molecule has 1 atom stereocenters. The number of anilines is 1. The molecular weight excluding hydrogens is 331 g/mol. The number of nitrogens with zero attached hydrogens (tertiary/aromatic N) is 2. The number of hydrogen-bond acceptors (Lipinski definition) is 2. The maximum absolute atomic E-state index is 13.1. The Morgan fingerprint density at radius 3 is 2.54 bits per heavy atom. The van der Waals surface area contributed by atoms with E-state index in [9.17, 15) is 14.0 Å². The average Bonchev–Trinajstić information content (AvgIpc) is 3.09. The summed E-state index contributed by atoms with van der Waals surface area (Å²) in [4.78, 5) is 28.3. The average molecular weight is 354 g/mol. The van der Waals surface area contributed by atoms with Crippen LogP contribution in [0.1, 0.15) is 47.8 Å². The van der Waals surface area contributed by atoms with Gasteiger partial charge in [-0.1, -0.05) is 19.1 Å². The second kappa shape index (κ2) is 7.28. The normalized spacial score (nSPS) is 14.1. The highest BCUT2D eigenvalue weighted by Gasteiger charge is 2.26. The molecule has 136 valence electrons. The van der Waals surface area contributed by atoms with Gasteiger partial charge in [0, 0.05) is 31.3 Å². The van der Waals surface area contributed by atoms with Gasteiger partial charge in [0.1, 0.15) is 5.82 Å². The number of carbonyl (C=O) groups excluding carboxylic acids is 2. The molecule has 2 aromatic carbocycles. The summed E-state index contributed by atoms with van der Waals surface area (Å²) in [6.07, 6.45) is 1.23. The number of carbonyl (C=O) groups is 2. The SMILES string of the molecule is CCC(=O)N1CCc2cc(C(=O)N(C)C(C)c3ccc(F)cc3)ccc21. The molecule has 0 aromatic heterocycles. The zero-order valence-electron chi connectivity index (χ0n) is 15.3. The van der Waals surface area contributed by atoms with Gasteiger partial charge in [0.15, 0.2) is 0 Å². The minimum Gasteiger partial charge on any atom is -0.335 e. The fourth-order valence-corrected chi connectivity index (χ4v) is 3.33. The van der Waals surface area contributed by atoms with Crippen LogP contribution in [0, 0.1) is 5.82 Å². The largest absolute Gasteiger partial charge is 0.335 e. The third-order valence-electron chi connectivity index (χ3n) is 5.08. The molecule has 0 fully saturated rings. The summed E-state index contributed by atoms with van der Waals surface area (Å²) in [7, 11) is 1.75. The van der Waals surface area contributed by atoms with E-state index >= 15 is 0 Å². The first-order chi connectivity index (χ1) is 12.4. The Labute approximate surface area is 153 Å². The molecule has 1 aliphatic rings. The van der Waals surface area contributed by atoms with Crippen molar-refractivity contribution in [3.63, 3.8) is 0 Å². The summed E-state index contributed by atoms with van der Waals surface area (Å²) in [5.41, 5.74) is 3.41. The summed E-state index contributed by atoms with van der Waals surface area (Å²) in [5, 5.41) is 0. The molecule has 5 heteroatoms. The lowest BCUT2D eigenvalue weighted by Gasteiger charge is -2.26. The number of fused-ring (bicyclic) bond motifs is 1. The fraction of sp³-hybridized carbons (Fsp3) is 0.333. The zero-order valence-corrected chi connectivity index (χ0v) is 15.3. The molecule has 0 saturated heterocycles. The van der Waals surface area contributed by atoms with Crippen molar-refractivity contribution in [1.82, 2.24) is 4.90 Å². The van der Waals surface area contributed by atoms with Gasteiger partial charge in [-0.15, -0.1) is 0 Å². The van der Waals surface area contributed by atoms with Crippen LogP contribution in [0.15, 0.2) is 42.5 Å². The number of rotatable bonds is 4. The number of benzene rings is 2. The first-order valence-corrected chi connectivity index (χ1v) is 8.88. The van der Waals surface area contributed by atoms with Crippen LogP contribution in [0.25, 0.3) is 0 Å². The van der Waals surface area contributed by atoms with Gasteiger partial charge in [0.25, 0.3) is 5.91 Å². The van der Waals surface area contributed by atoms with Crippen molar-refractivity contribution in [3.05, 3.63) is 65.0 Å². The lowest BCUT2D eigenvalue weighted by atomic mass is 10.0. The summed E-state index contributed by atoms with van der Waals surface area (Å²) < 4.78 is 13.1. The molecule has 0 saturated carbocycles. The van der Waals surface area contributed by atoms with Crippen LogP contribution in [0.5, 0.6) is 0 Å². The maximum Gasteiger partial charge on any atom is 0.254 e. The molecule has 0 bridgehead atoms. The minimum atomic E-state index is -0.292. The highest BCUT2D eigenvalue weighted by atomic mass is 19.1. The first kappa shape index (κ1) is 18.1. The van der Waals surface area contributed by atoms with Crippen LogP contribution in [-0.2, 0) is 11.2 Å². The molecule has 3 rings (SSSR count). The van der Waals surface area contributed by atoms with E-state index in [1.54, 1.807) is 35.0 Å². The molecule has 0 N–H and O–H groups in total. The molecule has 1 heterocycles. The van der Waals surface area contributed by atoms with Crippen molar-refractivity contribution in [2.24, 2.45) is 0 Å². The summed E-state index contributed by atoms with van der Waals surface area (Å²) in [5.74, 6) is -0.283. The van der Waals surface area contributed by atoms with E-state index in [2.05, 4.69) is 0 Å². The van der Waals surface area contributed by atoms with Crippen molar-refractivity contribution in [3.8, 4) is 0 Å². The van der Waals surface area contributed by atoms with Crippen LogP contribution in [0.4, 0.5) is 10.1 Å². The van der Waals surface area contributed by atoms with Gasteiger partial charge in [0.05, 0.1) is 6.04 Å². The number of halogens is 1. The van der Waals surface area contributed by atoms with E-state index in [1.165, 1.54) is 12.1 Å². The Hall–Kier alpha value is -2.69. The van der Waals surface area contributed by atoms with Crippen molar-refractivity contribution >= 4 is 17.5 Å². The molecule has 1 aliphatic heterocycles. The van der Waals surface area contributed by atoms with Crippen molar-refractivity contribution in [2.45, 2.75) is 32.7 Å². The molecule has 4 nitrogen and oxygen atoms in total. The standard InChI is InChI=1S/C21H23FN2O2/c1-4-20(25)24-12-11-16-13-17(7-10-19(16)24)21(26)23(3)14(2)15-5-8-18(22)9-6-15/h5-10,13-14H,4,11-12H2,1-3H3. The van der Waals surface area contributed by atoms with Gasteiger partial charge in [-0.25, -0.2) is 4.39 Å². The van der Waals surface area contributed by atoms with Crippen LogP contribution in [0.2, 0.25) is 0 Å². The smallest absolute Gasteiger partial charge is 0.254 e. The van der Waals surface area contributed by atoms with E-state index in [0.29, 0.717) is 18.5 Å². The molecule has 2 aromatic rings. The van der Waals surface area contributed by atoms with Gasteiger partial charge >= 0.3 is 0 Å². The third kappa shape index (κ3) is 3.34. The van der Waals surface area contributed by atoms with E-state index in [1.807, 2.05) is 26.0 Å². The molecule has 2 amide bonds. The predicted molar refractivity (Wildman–Crippen MR) is 99.7 cm³/mol. The monoisotopic (exact) mass is 354 g/mol. The van der Waals surface area contributed by atoms with E-state index < -0.39 is 0 Å². The highest BCUT2D eigenvalue weighted by Crippen LogP contribution is 2.30. The zero-order chi connectivity index (χ0) is 18.8. The molecule has 0 radical (unpaired) electrons. The van der Waals surface area contributed by atoms with E-state index in [0.717, 1.165) is 23.2 Å². The Morgan fingerprint density at radius 1 is 1.19 bits per heavy atom.